The molecule has 140 valence electrons. The maximum atomic E-state index is 12.8. The van der Waals surface area contributed by atoms with Crippen LogP contribution in [0.3, 0.4) is 0 Å². The second-order valence-corrected chi connectivity index (χ2v) is 6.21. The molecule has 0 aromatic heterocycles. The van der Waals surface area contributed by atoms with Gasteiger partial charge in [-0.15, -0.1) is 0 Å². The van der Waals surface area contributed by atoms with Gasteiger partial charge in [0.05, 0.1) is 24.3 Å². The van der Waals surface area contributed by atoms with E-state index in [1.54, 1.807) is 24.3 Å². The average molecular weight is 360 g/mol. The Kier molecular flexibility index (Phi) is 6.63. The highest BCUT2D eigenvalue weighted by atomic mass is 16.7. The molecule has 1 aromatic carbocycles. The lowest BCUT2D eigenvalue weighted by molar-refractivity contribution is -0.194. The van der Waals surface area contributed by atoms with Crippen molar-refractivity contribution in [1.82, 2.24) is 9.96 Å². The minimum atomic E-state index is -0.527. The molecule has 0 radical (unpaired) electrons. The van der Waals surface area contributed by atoms with Crippen LogP contribution in [0.2, 0.25) is 0 Å². The van der Waals surface area contributed by atoms with E-state index in [2.05, 4.69) is 0 Å². The SMILES string of the molecule is CCCC(C(C=O)CC)N(OC)C(=O)CN1C(=O)c2ccccc2C1=O. The van der Waals surface area contributed by atoms with Crippen LogP contribution >= 0.6 is 0 Å². The summed E-state index contributed by atoms with van der Waals surface area (Å²) in [5, 5.41) is 1.13. The Hall–Kier alpha value is -2.54. The van der Waals surface area contributed by atoms with Crippen LogP contribution in [-0.4, -0.2) is 53.7 Å². The Labute approximate surface area is 152 Å². The van der Waals surface area contributed by atoms with E-state index in [1.165, 1.54) is 7.11 Å². The van der Waals surface area contributed by atoms with Gasteiger partial charge in [0.15, 0.2) is 0 Å². The number of nitrogens with zero attached hydrogens (tertiary/aromatic N) is 2. The third-order valence-electron chi connectivity index (χ3n) is 4.64. The normalized spacial score (nSPS) is 15.6. The lowest BCUT2D eigenvalue weighted by atomic mass is 9.94. The summed E-state index contributed by atoms with van der Waals surface area (Å²) in [5.74, 6) is -1.89. The molecular weight excluding hydrogens is 336 g/mol. The molecule has 0 bridgehead atoms. The molecule has 0 fully saturated rings. The second-order valence-electron chi connectivity index (χ2n) is 6.21. The maximum Gasteiger partial charge on any atom is 0.266 e. The van der Waals surface area contributed by atoms with Gasteiger partial charge in [-0.1, -0.05) is 32.4 Å². The number of benzene rings is 1. The number of carbonyl (C=O) groups is 4. The number of amides is 3. The lowest BCUT2D eigenvalue weighted by Crippen LogP contribution is -2.49. The van der Waals surface area contributed by atoms with Crippen LogP contribution in [0.4, 0.5) is 0 Å². The van der Waals surface area contributed by atoms with E-state index in [1.807, 2.05) is 13.8 Å². The van der Waals surface area contributed by atoms with Gasteiger partial charge in [0.25, 0.3) is 17.7 Å². The number of carbonyl (C=O) groups excluding carboxylic acids is 4. The molecule has 7 heteroatoms. The fourth-order valence-corrected chi connectivity index (χ4v) is 3.27. The number of hydrogen-bond acceptors (Lipinski definition) is 5. The predicted octanol–water partition coefficient (Wildman–Crippen LogP) is 2.07. The first-order valence-electron chi connectivity index (χ1n) is 8.76. The summed E-state index contributed by atoms with van der Waals surface area (Å²) in [6.45, 7) is 3.40. The van der Waals surface area contributed by atoms with E-state index in [0.717, 1.165) is 22.7 Å². The molecule has 1 heterocycles. The highest BCUT2D eigenvalue weighted by Gasteiger charge is 2.39. The molecule has 0 spiro atoms. The molecule has 1 aliphatic rings. The number of fused-ring (bicyclic) bond motifs is 1. The van der Waals surface area contributed by atoms with E-state index in [9.17, 15) is 19.2 Å². The van der Waals surface area contributed by atoms with Gasteiger partial charge in [-0.3, -0.25) is 24.1 Å². The van der Waals surface area contributed by atoms with E-state index < -0.39 is 30.3 Å². The Balaban J connectivity index is 2.20. The minimum absolute atomic E-state index is 0.290. The fourth-order valence-electron chi connectivity index (χ4n) is 3.27. The lowest BCUT2D eigenvalue weighted by Gasteiger charge is -2.33. The Morgan fingerprint density at radius 3 is 2.19 bits per heavy atom. The zero-order valence-electron chi connectivity index (χ0n) is 15.3. The Morgan fingerprint density at radius 1 is 1.19 bits per heavy atom. The molecule has 0 N–H and O–H groups in total. The molecule has 0 saturated carbocycles. The molecule has 2 rings (SSSR count). The van der Waals surface area contributed by atoms with Gasteiger partial charge in [-0.2, -0.15) is 0 Å². The molecule has 2 atom stereocenters. The summed E-state index contributed by atoms with van der Waals surface area (Å²) in [6.07, 6.45) is 2.73. The van der Waals surface area contributed by atoms with Crippen LogP contribution in [0.1, 0.15) is 53.8 Å². The zero-order valence-corrected chi connectivity index (χ0v) is 15.3. The van der Waals surface area contributed by atoms with Crippen molar-refractivity contribution in [2.75, 3.05) is 13.7 Å². The number of aldehydes is 1. The zero-order chi connectivity index (χ0) is 19.3. The van der Waals surface area contributed by atoms with E-state index in [0.29, 0.717) is 24.0 Å². The van der Waals surface area contributed by atoms with Crippen molar-refractivity contribution < 1.29 is 24.0 Å². The molecule has 0 saturated heterocycles. The second kappa shape index (κ2) is 8.71. The van der Waals surface area contributed by atoms with Crippen molar-refractivity contribution in [3.63, 3.8) is 0 Å². The molecule has 7 nitrogen and oxygen atoms in total. The van der Waals surface area contributed by atoms with Crippen LogP contribution in [-0.2, 0) is 14.4 Å². The molecule has 1 aromatic rings. The molecular formula is C19H24N2O5. The predicted molar refractivity (Wildman–Crippen MR) is 94.2 cm³/mol. The molecule has 2 unspecified atom stereocenters. The largest absolute Gasteiger partial charge is 0.303 e. The van der Waals surface area contributed by atoms with Crippen molar-refractivity contribution in [2.24, 2.45) is 5.92 Å². The van der Waals surface area contributed by atoms with Gasteiger partial charge in [-0.25, -0.2) is 5.06 Å². The van der Waals surface area contributed by atoms with Crippen molar-refractivity contribution in [1.29, 1.82) is 0 Å². The number of hydrogen-bond donors (Lipinski definition) is 0. The first-order valence-corrected chi connectivity index (χ1v) is 8.76. The summed E-state index contributed by atoms with van der Waals surface area (Å²) < 4.78 is 0. The van der Waals surface area contributed by atoms with Crippen molar-refractivity contribution in [3.05, 3.63) is 35.4 Å². The monoisotopic (exact) mass is 360 g/mol. The fraction of sp³-hybridized carbons (Fsp3) is 0.474. The van der Waals surface area contributed by atoms with Crippen LogP contribution in [0.5, 0.6) is 0 Å². The van der Waals surface area contributed by atoms with Crippen LogP contribution < -0.4 is 0 Å². The molecule has 26 heavy (non-hydrogen) atoms. The van der Waals surface area contributed by atoms with E-state index in [4.69, 9.17) is 4.84 Å². The molecule has 0 aliphatic carbocycles. The summed E-state index contributed by atoms with van der Waals surface area (Å²) >= 11 is 0. The van der Waals surface area contributed by atoms with Gasteiger partial charge < -0.3 is 4.79 Å². The van der Waals surface area contributed by atoms with Gasteiger partial charge in [0, 0.05) is 5.92 Å². The third kappa shape index (κ3) is 3.67. The minimum Gasteiger partial charge on any atom is -0.303 e. The topological polar surface area (TPSA) is 84.0 Å². The number of hydroxylamine groups is 2. The third-order valence-corrected chi connectivity index (χ3v) is 4.64. The first kappa shape index (κ1) is 19.8. The van der Waals surface area contributed by atoms with Crippen LogP contribution in [0, 0.1) is 5.92 Å². The van der Waals surface area contributed by atoms with E-state index in [-0.39, 0.29) is 5.92 Å². The Morgan fingerprint density at radius 2 is 1.77 bits per heavy atom. The molecule has 3 amide bonds. The standard InChI is InChI=1S/C19H24N2O5/c1-4-8-16(13(5-2)12-22)21(26-3)17(23)11-20-18(24)14-9-6-7-10-15(14)19(20)25/h6-7,9-10,12-13,16H,4-5,8,11H2,1-3H3. The summed E-state index contributed by atoms with van der Waals surface area (Å²) in [4.78, 5) is 55.2. The van der Waals surface area contributed by atoms with Gasteiger partial charge in [0.1, 0.15) is 12.8 Å². The average Bonchev–Trinajstić information content (AvgIpc) is 2.88. The van der Waals surface area contributed by atoms with Crippen molar-refractivity contribution in [3.8, 4) is 0 Å². The number of rotatable bonds is 9. The molecule has 1 aliphatic heterocycles. The first-order chi connectivity index (χ1) is 12.5. The Bertz CT molecular complexity index is 668. The van der Waals surface area contributed by atoms with Crippen molar-refractivity contribution >= 4 is 24.0 Å². The maximum absolute atomic E-state index is 12.8. The highest BCUT2D eigenvalue weighted by molar-refractivity contribution is 6.22. The van der Waals surface area contributed by atoms with Gasteiger partial charge >= 0.3 is 0 Å². The van der Waals surface area contributed by atoms with Crippen molar-refractivity contribution in [2.45, 2.75) is 39.2 Å². The van der Waals surface area contributed by atoms with Gasteiger partial charge in [-0.05, 0) is 25.0 Å². The smallest absolute Gasteiger partial charge is 0.266 e. The number of imide groups is 1. The summed E-state index contributed by atoms with van der Waals surface area (Å²) in [7, 11) is 1.35. The van der Waals surface area contributed by atoms with Crippen LogP contribution in [0.15, 0.2) is 24.3 Å². The van der Waals surface area contributed by atoms with Gasteiger partial charge in [0.2, 0.25) is 0 Å². The quantitative estimate of drug-likeness (QED) is 0.382. The van der Waals surface area contributed by atoms with E-state index >= 15 is 0 Å². The highest BCUT2D eigenvalue weighted by Crippen LogP contribution is 2.24. The summed E-state index contributed by atoms with van der Waals surface area (Å²) in [5.41, 5.74) is 0.581. The van der Waals surface area contributed by atoms with Crippen LogP contribution in [0.25, 0.3) is 0 Å². The summed E-state index contributed by atoms with van der Waals surface area (Å²) in [6, 6.07) is 6.03.